The van der Waals surface area contributed by atoms with E-state index >= 15 is 0 Å². The van der Waals surface area contributed by atoms with Crippen LogP contribution in [0.5, 0.6) is 0 Å². The minimum absolute atomic E-state index is 0.116. The molecule has 0 spiro atoms. The van der Waals surface area contributed by atoms with E-state index in [2.05, 4.69) is 15.3 Å². The van der Waals surface area contributed by atoms with Gasteiger partial charge >= 0.3 is 12.1 Å². The Labute approximate surface area is 164 Å². The first kappa shape index (κ1) is 20.4. The normalized spacial score (nSPS) is 11.3. The summed E-state index contributed by atoms with van der Waals surface area (Å²) in [4.78, 5) is 20.6. The molecule has 2 aromatic heterocycles. The van der Waals surface area contributed by atoms with Gasteiger partial charge in [0.25, 0.3) is 0 Å². The van der Waals surface area contributed by atoms with Crippen molar-refractivity contribution < 1.29 is 27.1 Å². The van der Waals surface area contributed by atoms with Gasteiger partial charge < -0.3 is 14.5 Å². The SMILES string of the molecule is CCOC(=O)c1cnc(-c2ccc(C(F)(F)F)cc2)nc1NCc1ccc(C)o1. The first-order valence-corrected chi connectivity index (χ1v) is 8.79. The van der Waals surface area contributed by atoms with Gasteiger partial charge in [-0.2, -0.15) is 13.2 Å². The Balaban J connectivity index is 1.91. The molecule has 0 bridgehead atoms. The minimum atomic E-state index is -4.43. The number of hydrogen-bond donors (Lipinski definition) is 1. The number of aryl methyl sites for hydroxylation is 1. The van der Waals surface area contributed by atoms with Crippen molar-refractivity contribution in [3.05, 3.63) is 65.2 Å². The molecule has 9 heteroatoms. The molecule has 0 aliphatic rings. The van der Waals surface area contributed by atoms with Crippen LogP contribution in [0.4, 0.5) is 19.0 Å². The summed E-state index contributed by atoms with van der Waals surface area (Å²) >= 11 is 0. The maximum atomic E-state index is 12.8. The number of esters is 1. The maximum absolute atomic E-state index is 12.8. The average Bonchev–Trinajstić information content (AvgIpc) is 3.11. The monoisotopic (exact) mass is 405 g/mol. The van der Waals surface area contributed by atoms with Crippen LogP contribution < -0.4 is 5.32 Å². The second-order valence-corrected chi connectivity index (χ2v) is 6.12. The lowest BCUT2D eigenvalue weighted by atomic mass is 10.1. The van der Waals surface area contributed by atoms with Crippen molar-refractivity contribution >= 4 is 11.8 Å². The van der Waals surface area contributed by atoms with E-state index in [4.69, 9.17) is 9.15 Å². The Morgan fingerprint density at radius 3 is 2.48 bits per heavy atom. The van der Waals surface area contributed by atoms with E-state index in [1.807, 2.05) is 0 Å². The number of halogens is 3. The van der Waals surface area contributed by atoms with Gasteiger partial charge in [-0.3, -0.25) is 0 Å². The summed E-state index contributed by atoms with van der Waals surface area (Å²) in [7, 11) is 0. The number of aromatic nitrogens is 2. The Morgan fingerprint density at radius 2 is 1.90 bits per heavy atom. The summed E-state index contributed by atoms with van der Waals surface area (Å²) < 4.78 is 48.8. The number of rotatable bonds is 6. The molecule has 2 heterocycles. The largest absolute Gasteiger partial charge is 0.465 e. The van der Waals surface area contributed by atoms with Crippen molar-refractivity contribution in [2.75, 3.05) is 11.9 Å². The number of furan rings is 1. The van der Waals surface area contributed by atoms with Crippen LogP contribution in [0.3, 0.4) is 0 Å². The van der Waals surface area contributed by atoms with Crippen molar-refractivity contribution in [1.82, 2.24) is 9.97 Å². The molecule has 0 aliphatic carbocycles. The summed E-state index contributed by atoms with van der Waals surface area (Å²) in [5.41, 5.74) is -0.271. The van der Waals surface area contributed by atoms with Crippen molar-refractivity contribution in [1.29, 1.82) is 0 Å². The number of hydrogen-bond acceptors (Lipinski definition) is 6. The molecule has 1 aromatic carbocycles. The fraction of sp³-hybridized carbons (Fsp3) is 0.250. The smallest absolute Gasteiger partial charge is 0.416 e. The van der Waals surface area contributed by atoms with E-state index < -0.39 is 17.7 Å². The van der Waals surface area contributed by atoms with Gasteiger partial charge in [-0.05, 0) is 38.1 Å². The van der Waals surface area contributed by atoms with Crippen molar-refractivity contribution in [3.63, 3.8) is 0 Å². The molecule has 29 heavy (non-hydrogen) atoms. The number of alkyl halides is 3. The first-order chi connectivity index (χ1) is 13.8. The van der Waals surface area contributed by atoms with E-state index in [-0.39, 0.29) is 30.4 Å². The maximum Gasteiger partial charge on any atom is 0.416 e. The van der Waals surface area contributed by atoms with Crippen LogP contribution in [-0.4, -0.2) is 22.5 Å². The quantitative estimate of drug-likeness (QED) is 0.591. The zero-order chi connectivity index (χ0) is 21.0. The molecule has 0 aliphatic heterocycles. The van der Waals surface area contributed by atoms with Gasteiger partial charge in [0.15, 0.2) is 5.82 Å². The molecule has 0 saturated carbocycles. The van der Waals surface area contributed by atoms with Crippen LogP contribution in [0.25, 0.3) is 11.4 Å². The molecule has 0 radical (unpaired) electrons. The standard InChI is InChI=1S/C20H18F3N3O3/c1-3-28-19(27)16-11-25-17(13-5-7-14(8-6-13)20(21,22)23)26-18(16)24-10-15-9-4-12(2)29-15/h4-9,11H,3,10H2,1-2H3,(H,24,25,26). The summed E-state index contributed by atoms with van der Waals surface area (Å²) in [6.07, 6.45) is -3.14. The van der Waals surface area contributed by atoms with Crippen LogP contribution in [0.1, 0.15) is 34.4 Å². The van der Waals surface area contributed by atoms with Crippen LogP contribution in [-0.2, 0) is 17.5 Å². The molecular weight excluding hydrogens is 387 g/mol. The highest BCUT2D eigenvalue weighted by Crippen LogP contribution is 2.30. The fourth-order valence-electron chi connectivity index (χ4n) is 2.57. The average molecular weight is 405 g/mol. The second-order valence-electron chi connectivity index (χ2n) is 6.12. The number of carbonyl (C=O) groups excluding carboxylic acids is 1. The number of benzene rings is 1. The van der Waals surface area contributed by atoms with E-state index in [0.29, 0.717) is 11.3 Å². The van der Waals surface area contributed by atoms with Gasteiger partial charge in [0.2, 0.25) is 0 Å². The fourth-order valence-corrected chi connectivity index (χ4v) is 2.57. The van der Waals surface area contributed by atoms with Gasteiger partial charge in [0, 0.05) is 11.8 Å². The molecule has 3 rings (SSSR count). The van der Waals surface area contributed by atoms with Gasteiger partial charge in [-0.1, -0.05) is 12.1 Å². The lowest BCUT2D eigenvalue weighted by Gasteiger charge is -2.12. The van der Waals surface area contributed by atoms with E-state index in [9.17, 15) is 18.0 Å². The molecular formula is C20H18F3N3O3. The Hall–Kier alpha value is -3.36. The first-order valence-electron chi connectivity index (χ1n) is 8.79. The van der Waals surface area contributed by atoms with Crippen molar-refractivity contribution in [3.8, 4) is 11.4 Å². The van der Waals surface area contributed by atoms with E-state index in [1.165, 1.54) is 18.3 Å². The van der Waals surface area contributed by atoms with Gasteiger partial charge in [0.1, 0.15) is 22.9 Å². The Bertz CT molecular complexity index is 998. The van der Waals surface area contributed by atoms with Crippen molar-refractivity contribution in [2.24, 2.45) is 0 Å². The highest BCUT2D eigenvalue weighted by atomic mass is 19.4. The van der Waals surface area contributed by atoms with Crippen LogP contribution in [0, 0.1) is 6.92 Å². The van der Waals surface area contributed by atoms with Crippen molar-refractivity contribution in [2.45, 2.75) is 26.6 Å². The van der Waals surface area contributed by atoms with E-state index in [0.717, 1.165) is 17.9 Å². The number of nitrogens with one attached hydrogen (secondary N) is 1. The minimum Gasteiger partial charge on any atom is -0.465 e. The molecule has 0 saturated heterocycles. The summed E-state index contributed by atoms with van der Waals surface area (Å²) in [5.74, 6) is 1.13. The highest BCUT2D eigenvalue weighted by Gasteiger charge is 2.30. The predicted octanol–water partition coefficient (Wildman–Crippen LogP) is 4.85. The molecule has 3 aromatic rings. The topological polar surface area (TPSA) is 77.2 Å². The van der Waals surface area contributed by atoms with E-state index in [1.54, 1.807) is 26.0 Å². The second kappa shape index (κ2) is 8.34. The number of nitrogens with zero attached hydrogens (tertiary/aromatic N) is 2. The highest BCUT2D eigenvalue weighted by molar-refractivity contribution is 5.94. The third-order valence-electron chi connectivity index (χ3n) is 3.98. The van der Waals surface area contributed by atoms with Gasteiger partial charge in [0.05, 0.1) is 18.7 Å². The number of ether oxygens (including phenoxy) is 1. The van der Waals surface area contributed by atoms with Crippen LogP contribution in [0.15, 0.2) is 47.0 Å². The summed E-state index contributed by atoms with van der Waals surface area (Å²) in [5, 5.41) is 3.00. The number of anilines is 1. The molecule has 0 atom stereocenters. The molecule has 0 amide bonds. The number of carbonyl (C=O) groups is 1. The molecule has 1 N–H and O–H groups in total. The summed E-state index contributed by atoms with van der Waals surface area (Å²) in [6, 6.07) is 8.05. The molecule has 0 unspecified atom stereocenters. The Morgan fingerprint density at radius 1 is 1.17 bits per heavy atom. The van der Waals surface area contributed by atoms with Crippen LogP contribution in [0.2, 0.25) is 0 Å². The zero-order valence-electron chi connectivity index (χ0n) is 15.7. The summed E-state index contributed by atoms with van der Waals surface area (Å²) in [6.45, 7) is 3.91. The lowest BCUT2D eigenvalue weighted by molar-refractivity contribution is -0.137. The van der Waals surface area contributed by atoms with Gasteiger partial charge in [-0.25, -0.2) is 14.8 Å². The third kappa shape index (κ3) is 4.92. The van der Waals surface area contributed by atoms with Crippen LogP contribution >= 0.6 is 0 Å². The Kier molecular flexibility index (Phi) is 5.86. The molecule has 6 nitrogen and oxygen atoms in total. The molecule has 152 valence electrons. The molecule has 0 fully saturated rings. The third-order valence-corrected chi connectivity index (χ3v) is 3.98. The lowest BCUT2D eigenvalue weighted by Crippen LogP contribution is -2.13. The predicted molar refractivity (Wildman–Crippen MR) is 99.2 cm³/mol. The van der Waals surface area contributed by atoms with Gasteiger partial charge in [-0.15, -0.1) is 0 Å². The zero-order valence-corrected chi connectivity index (χ0v) is 15.7.